The fourth-order valence-corrected chi connectivity index (χ4v) is 2.60. The second kappa shape index (κ2) is 4.25. The van der Waals surface area contributed by atoms with E-state index in [1.807, 2.05) is 6.08 Å². The van der Waals surface area contributed by atoms with E-state index in [1.165, 1.54) is 5.54 Å². The molecule has 1 aliphatic rings. The fourth-order valence-electron chi connectivity index (χ4n) is 1.64. The second-order valence-electron chi connectivity index (χ2n) is 3.80. The van der Waals surface area contributed by atoms with Gasteiger partial charge < -0.3 is 0 Å². The number of hydrogen-bond donors (Lipinski definition) is 0. The van der Waals surface area contributed by atoms with Crippen molar-refractivity contribution >= 4 is 34.8 Å². The second-order valence-corrected chi connectivity index (χ2v) is 5.11. The van der Waals surface area contributed by atoms with Gasteiger partial charge in [0.1, 0.15) is 0 Å². The molecule has 13 heavy (non-hydrogen) atoms. The highest BCUT2D eigenvalue weighted by atomic mass is 35.5. The Hall–Kier alpha value is 0.350. The summed E-state index contributed by atoms with van der Waals surface area (Å²) in [5.74, 6) is 0. The molecule has 1 aliphatic carbocycles. The first-order valence-corrected chi connectivity index (χ1v) is 5.54. The van der Waals surface area contributed by atoms with Crippen molar-refractivity contribution in [1.29, 1.82) is 0 Å². The normalized spacial score (nSPS) is 41.4. The molecule has 0 aromatic rings. The molecule has 0 N–H and O–H groups in total. The van der Waals surface area contributed by atoms with Crippen LogP contribution < -0.4 is 0 Å². The van der Waals surface area contributed by atoms with Crippen LogP contribution in [0, 0.1) is 5.41 Å². The van der Waals surface area contributed by atoms with Crippen LogP contribution in [0.2, 0.25) is 0 Å². The molecule has 0 heterocycles. The van der Waals surface area contributed by atoms with Gasteiger partial charge in [-0.3, -0.25) is 0 Å². The summed E-state index contributed by atoms with van der Waals surface area (Å²) in [5, 5.41) is 0.0507. The molecule has 1 rings (SSSR count). The lowest BCUT2D eigenvalue weighted by molar-refractivity contribution is 0.348. The third kappa shape index (κ3) is 2.43. The predicted octanol–water partition coefficient (Wildman–Crippen LogP) is 4.31. The minimum Gasteiger partial charge on any atom is -0.122 e. The molecule has 3 atom stereocenters. The highest BCUT2D eigenvalue weighted by Gasteiger charge is 2.38. The lowest BCUT2D eigenvalue weighted by atomic mass is 9.73. The van der Waals surface area contributed by atoms with Crippen molar-refractivity contribution in [3.8, 4) is 0 Å². The Morgan fingerprint density at radius 3 is 2.69 bits per heavy atom. The zero-order valence-corrected chi connectivity index (χ0v) is 9.83. The Balaban J connectivity index is 2.82. The SMILES string of the molecule is C=C1C[C@@](C)(/C=C/Cl)[C@@H](Cl)C[C@@H]1Cl. The summed E-state index contributed by atoms with van der Waals surface area (Å²) >= 11 is 17.8. The maximum Gasteiger partial charge on any atom is 0.0557 e. The third-order valence-corrected chi connectivity index (χ3v) is 3.91. The van der Waals surface area contributed by atoms with Crippen LogP contribution in [0.25, 0.3) is 0 Å². The van der Waals surface area contributed by atoms with Gasteiger partial charge in [0.05, 0.1) is 5.38 Å². The zero-order chi connectivity index (χ0) is 10.1. The van der Waals surface area contributed by atoms with E-state index in [0.29, 0.717) is 0 Å². The van der Waals surface area contributed by atoms with Gasteiger partial charge in [-0.15, -0.1) is 23.2 Å². The molecule has 0 amide bonds. The standard InChI is InChI=1S/C10H13Cl3/c1-7-6-10(2,3-4-11)9(13)5-8(7)12/h3-4,8-9H,1,5-6H2,2H3/b4-3+/t8-,9-,10+/m0/s1. The molecule has 74 valence electrons. The van der Waals surface area contributed by atoms with E-state index in [-0.39, 0.29) is 16.2 Å². The van der Waals surface area contributed by atoms with Crippen molar-refractivity contribution in [2.24, 2.45) is 5.41 Å². The van der Waals surface area contributed by atoms with E-state index >= 15 is 0 Å². The molecule has 0 radical (unpaired) electrons. The molecule has 0 aliphatic heterocycles. The van der Waals surface area contributed by atoms with Gasteiger partial charge in [-0.25, -0.2) is 0 Å². The van der Waals surface area contributed by atoms with Gasteiger partial charge in [0.15, 0.2) is 0 Å². The summed E-state index contributed by atoms with van der Waals surface area (Å²) in [7, 11) is 0. The summed E-state index contributed by atoms with van der Waals surface area (Å²) in [6, 6.07) is 0. The average Bonchev–Trinajstić information content (AvgIpc) is 2.02. The summed E-state index contributed by atoms with van der Waals surface area (Å²) in [6.07, 6.45) is 3.51. The van der Waals surface area contributed by atoms with Crippen molar-refractivity contribution in [3.05, 3.63) is 23.8 Å². The minimum atomic E-state index is -0.0915. The first kappa shape index (κ1) is 11.4. The lowest BCUT2D eigenvalue weighted by Gasteiger charge is -2.38. The van der Waals surface area contributed by atoms with Gasteiger partial charge in [-0.05, 0) is 12.8 Å². The van der Waals surface area contributed by atoms with Crippen molar-refractivity contribution in [2.45, 2.75) is 30.5 Å². The topological polar surface area (TPSA) is 0 Å². The highest BCUT2D eigenvalue weighted by molar-refractivity contribution is 6.26. The Labute approximate surface area is 94.5 Å². The molecule has 0 spiro atoms. The number of allylic oxidation sites excluding steroid dienone is 2. The van der Waals surface area contributed by atoms with Gasteiger partial charge in [0, 0.05) is 16.3 Å². The van der Waals surface area contributed by atoms with Gasteiger partial charge in [-0.2, -0.15) is 0 Å². The van der Waals surface area contributed by atoms with Gasteiger partial charge >= 0.3 is 0 Å². The molecule has 0 saturated heterocycles. The quantitative estimate of drug-likeness (QED) is 0.472. The maximum absolute atomic E-state index is 6.23. The largest absolute Gasteiger partial charge is 0.122 e. The number of halogens is 3. The highest BCUT2D eigenvalue weighted by Crippen LogP contribution is 2.44. The summed E-state index contributed by atoms with van der Waals surface area (Å²) in [6.45, 7) is 6.02. The van der Waals surface area contributed by atoms with Crippen molar-refractivity contribution in [1.82, 2.24) is 0 Å². The van der Waals surface area contributed by atoms with Gasteiger partial charge in [-0.1, -0.05) is 36.8 Å². The number of alkyl halides is 2. The molecule has 3 heteroatoms. The predicted molar refractivity (Wildman–Crippen MR) is 60.8 cm³/mol. The zero-order valence-electron chi connectivity index (χ0n) is 7.56. The van der Waals surface area contributed by atoms with Crippen LogP contribution in [0.3, 0.4) is 0 Å². The fraction of sp³-hybridized carbons (Fsp3) is 0.600. The monoisotopic (exact) mass is 238 g/mol. The van der Waals surface area contributed by atoms with Gasteiger partial charge in [0.25, 0.3) is 0 Å². The Morgan fingerprint density at radius 1 is 1.54 bits per heavy atom. The Bertz CT molecular complexity index is 234. The molecule has 0 aromatic carbocycles. The maximum atomic E-state index is 6.23. The lowest BCUT2D eigenvalue weighted by Crippen LogP contribution is -2.35. The van der Waals surface area contributed by atoms with E-state index in [2.05, 4.69) is 13.5 Å². The van der Waals surface area contributed by atoms with Crippen molar-refractivity contribution < 1.29 is 0 Å². The molecule has 0 unspecified atom stereocenters. The van der Waals surface area contributed by atoms with Crippen LogP contribution in [0.15, 0.2) is 23.8 Å². The summed E-state index contributed by atoms with van der Waals surface area (Å²) < 4.78 is 0. The molecule has 0 nitrogen and oxygen atoms in total. The average molecular weight is 240 g/mol. The van der Waals surface area contributed by atoms with Crippen LogP contribution in [-0.4, -0.2) is 10.8 Å². The van der Waals surface area contributed by atoms with E-state index in [1.54, 1.807) is 0 Å². The van der Waals surface area contributed by atoms with Crippen LogP contribution in [0.1, 0.15) is 19.8 Å². The van der Waals surface area contributed by atoms with E-state index in [4.69, 9.17) is 34.8 Å². The smallest absolute Gasteiger partial charge is 0.0557 e. The van der Waals surface area contributed by atoms with Crippen molar-refractivity contribution in [2.75, 3.05) is 0 Å². The van der Waals surface area contributed by atoms with Crippen LogP contribution >= 0.6 is 34.8 Å². The Morgan fingerprint density at radius 2 is 2.15 bits per heavy atom. The van der Waals surface area contributed by atoms with Crippen LogP contribution in [0.5, 0.6) is 0 Å². The summed E-state index contributed by atoms with van der Waals surface area (Å²) in [5.41, 5.74) is 2.49. The summed E-state index contributed by atoms with van der Waals surface area (Å²) in [4.78, 5) is 0. The molecular weight excluding hydrogens is 226 g/mol. The number of rotatable bonds is 1. The molecule has 1 saturated carbocycles. The first-order valence-electron chi connectivity index (χ1n) is 4.23. The van der Waals surface area contributed by atoms with E-state index < -0.39 is 0 Å². The molecule has 0 aromatic heterocycles. The van der Waals surface area contributed by atoms with Gasteiger partial charge in [0.2, 0.25) is 0 Å². The van der Waals surface area contributed by atoms with Crippen LogP contribution in [0.4, 0.5) is 0 Å². The van der Waals surface area contributed by atoms with E-state index in [0.717, 1.165) is 18.4 Å². The van der Waals surface area contributed by atoms with E-state index in [9.17, 15) is 0 Å². The Kier molecular flexibility index (Phi) is 3.73. The first-order chi connectivity index (χ1) is 5.99. The van der Waals surface area contributed by atoms with Crippen LogP contribution in [-0.2, 0) is 0 Å². The molecule has 0 bridgehead atoms. The molecular formula is C10H13Cl3. The van der Waals surface area contributed by atoms with Crippen molar-refractivity contribution in [3.63, 3.8) is 0 Å². The third-order valence-electron chi connectivity index (χ3n) is 2.62. The molecule has 1 fully saturated rings. The number of hydrogen-bond acceptors (Lipinski definition) is 0. The minimum absolute atomic E-state index is 0.0132.